The van der Waals surface area contributed by atoms with Gasteiger partial charge in [0.05, 0.1) is 12.1 Å². The van der Waals surface area contributed by atoms with Gasteiger partial charge in [0.25, 0.3) is 5.91 Å². The van der Waals surface area contributed by atoms with Crippen LogP contribution in [0.25, 0.3) is 10.9 Å². The highest BCUT2D eigenvalue weighted by molar-refractivity contribution is 5.98. The Balaban J connectivity index is 1.55. The van der Waals surface area contributed by atoms with Crippen molar-refractivity contribution in [3.63, 3.8) is 0 Å². The second-order valence-electron chi connectivity index (χ2n) is 6.66. The maximum Gasteiger partial charge on any atom is 0.270 e. The molecule has 6 heteroatoms. The Labute approximate surface area is 139 Å². The van der Waals surface area contributed by atoms with Gasteiger partial charge >= 0.3 is 0 Å². The second kappa shape index (κ2) is 5.86. The molecule has 5 nitrogen and oxygen atoms in total. The number of hydrogen-bond donors (Lipinski definition) is 1. The summed E-state index contributed by atoms with van der Waals surface area (Å²) in [5.74, 6) is -0.400. The number of halogens is 1. The molecule has 0 bridgehead atoms. The minimum atomic E-state index is -0.318. The van der Waals surface area contributed by atoms with Crippen LogP contribution in [0, 0.1) is 5.82 Å². The van der Waals surface area contributed by atoms with Crippen LogP contribution < -0.4 is 0 Å². The summed E-state index contributed by atoms with van der Waals surface area (Å²) in [6, 6.07) is 6.25. The molecule has 0 radical (unpaired) electrons. The summed E-state index contributed by atoms with van der Waals surface area (Å²) in [5, 5.41) is 0.829. The van der Waals surface area contributed by atoms with Gasteiger partial charge in [0, 0.05) is 31.2 Å². The van der Waals surface area contributed by atoms with Crippen molar-refractivity contribution in [1.82, 2.24) is 9.88 Å². The summed E-state index contributed by atoms with van der Waals surface area (Å²) >= 11 is 0. The second-order valence-corrected chi connectivity index (χ2v) is 6.66. The number of carbonyl (C=O) groups excluding carboxylic acids is 1. The fourth-order valence-electron chi connectivity index (χ4n) is 3.97. The van der Waals surface area contributed by atoms with Gasteiger partial charge in [0.1, 0.15) is 17.6 Å². The number of H-pyrrole nitrogens is 1. The average molecular weight is 332 g/mol. The van der Waals surface area contributed by atoms with Gasteiger partial charge in [-0.2, -0.15) is 0 Å². The standard InChI is InChI=1S/C18H21FN2O3/c1-23-16-11-21(7-6-18(16)5-2-8-24-18)17(22)15-9-12-3-4-13(19)10-14(12)20-15/h3-4,9-10,16,20H,2,5-8,11H2,1H3/t16-,18-/m0/s1. The predicted molar refractivity (Wildman–Crippen MR) is 87.5 cm³/mol. The molecule has 2 aliphatic rings. The Morgan fingerprint density at radius 2 is 2.29 bits per heavy atom. The molecule has 2 fully saturated rings. The summed E-state index contributed by atoms with van der Waals surface area (Å²) in [6.07, 6.45) is 2.70. The van der Waals surface area contributed by atoms with Gasteiger partial charge < -0.3 is 19.4 Å². The van der Waals surface area contributed by atoms with Crippen LogP contribution in [0.2, 0.25) is 0 Å². The molecule has 2 saturated heterocycles. The molecule has 0 unspecified atom stereocenters. The lowest BCUT2D eigenvalue weighted by molar-refractivity contribution is -0.136. The van der Waals surface area contributed by atoms with Gasteiger partial charge in [-0.25, -0.2) is 4.39 Å². The number of fused-ring (bicyclic) bond motifs is 1. The molecule has 1 aromatic carbocycles. The lowest BCUT2D eigenvalue weighted by Gasteiger charge is -2.44. The number of nitrogens with zero attached hydrogens (tertiary/aromatic N) is 1. The molecule has 1 amide bonds. The van der Waals surface area contributed by atoms with Crippen molar-refractivity contribution in [3.05, 3.63) is 35.8 Å². The minimum Gasteiger partial charge on any atom is -0.377 e. The third-order valence-electron chi connectivity index (χ3n) is 5.30. The number of ether oxygens (including phenoxy) is 2. The molecule has 0 saturated carbocycles. The number of piperidine rings is 1. The molecule has 2 aromatic rings. The van der Waals surface area contributed by atoms with Crippen molar-refractivity contribution < 1.29 is 18.7 Å². The molecule has 24 heavy (non-hydrogen) atoms. The third kappa shape index (κ3) is 2.50. The number of aromatic nitrogens is 1. The molecule has 4 rings (SSSR count). The average Bonchev–Trinajstić information content (AvgIpc) is 3.22. The molecule has 1 N–H and O–H groups in total. The van der Waals surface area contributed by atoms with Gasteiger partial charge in [-0.3, -0.25) is 4.79 Å². The quantitative estimate of drug-likeness (QED) is 0.920. The van der Waals surface area contributed by atoms with E-state index in [-0.39, 0.29) is 23.4 Å². The SMILES string of the molecule is CO[C@H]1CN(C(=O)c2cc3ccc(F)cc3[nH]2)CC[C@@]12CCCO2. The number of aromatic amines is 1. The normalized spacial score (nSPS) is 27.2. The summed E-state index contributed by atoms with van der Waals surface area (Å²) in [5.41, 5.74) is 0.873. The zero-order valence-electron chi connectivity index (χ0n) is 13.7. The number of nitrogens with one attached hydrogen (secondary N) is 1. The van der Waals surface area contributed by atoms with Crippen LogP contribution in [0.15, 0.2) is 24.3 Å². The fraction of sp³-hybridized carbons (Fsp3) is 0.500. The highest BCUT2D eigenvalue weighted by Crippen LogP contribution is 2.37. The lowest BCUT2D eigenvalue weighted by atomic mass is 9.85. The predicted octanol–water partition coefficient (Wildman–Crippen LogP) is 2.72. The first-order valence-electron chi connectivity index (χ1n) is 8.36. The first-order valence-corrected chi connectivity index (χ1v) is 8.36. The fourth-order valence-corrected chi connectivity index (χ4v) is 3.97. The summed E-state index contributed by atoms with van der Waals surface area (Å²) < 4.78 is 24.9. The van der Waals surface area contributed by atoms with Gasteiger partial charge in [-0.05, 0) is 43.5 Å². The van der Waals surface area contributed by atoms with E-state index >= 15 is 0 Å². The number of hydrogen-bond acceptors (Lipinski definition) is 3. The first kappa shape index (κ1) is 15.6. The number of likely N-dealkylation sites (tertiary alicyclic amines) is 1. The monoisotopic (exact) mass is 332 g/mol. The van der Waals surface area contributed by atoms with Crippen LogP contribution in [0.3, 0.4) is 0 Å². The Hall–Kier alpha value is -1.92. The maximum absolute atomic E-state index is 13.3. The minimum absolute atomic E-state index is 0.0819. The highest BCUT2D eigenvalue weighted by Gasteiger charge is 2.47. The van der Waals surface area contributed by atoms with E-state index in [0.717, 1.165) is 31.3 Å². The third-order valence-corrected chi connectivity index (χ3v) is 5.30. The molecular formula is C18H21FN2O3. The Bertz CT molecular complexity index is 767. The number of carbonyl (C=O) groups is 1. The van der Waals surface area contributed by atoms with Crippen LogP contribution in [0.5, 0.6) is 0 Å². The van der Waals surface area contributed by atoms with E-state index in [9.17, 15) is 9.18 Å². The Kier molecular flexibility index (Phi) is 3.81. The van der Waals surface area contributed by atoms with Crippen LogP contribution in [-0.4, -0.2) is 54.3 Å². The van der Waals surface area contributed by atoms with E-state index in [0.29, 0.717) is 24.3 Å². The molecule has 128 valence electrons. The first-order chi connectivity index (χ1) is 11.6. The summed E-state index contributed by atoms with van der Waals surface area (Å²) in [7, 11) is 1.67. The number of benzene rings is 1. The zero-order chi connectivity index (χ0) is 16.7. The lowest BCUT2D eigenvalue weighted by Crippen LogP contribution is -2.57. The largest absolute Gasteiger partial charge is 0.377 e. The van der Waals surface area contributed by atoms with E-state index in [1.807, 2.05) is 0 Å². The summed E-state index contributed by atoms with van der Waals surface area (Å²) in [4.78, 5) is 17.6. The topological polar surface area (TPSA) is 54.6 Å². The Morgan fingerprint density at radius 3 is 3.04 bits per heavy atom. The summed E-state index contributed by atoms with van der Waals surface area (Å²) in [6.45, 7) is 1.92. The molecule has 2 atom stereocenters. The zero-order valence-corrected chi connectivity index (χ0v) is 13.7. The molecule has 3 heterocycles. The van der Waals surface area contributed by atoms with Gasteiger partial charge in [-0.1, -0.05) is 0 Å². The van der Waals surface area contributed by atoms with Gasteiger partial charge in [0.15, 0.2) is 0 Å². The highest BCUT2D eigenvalue weighted by atomic mass is 19.1. The van der Waals surface area contributed by atoms with Crippen LogP contribution >= 0.6 is 0 Å². The molecule has 0 aliphatic carbocycles. The number of rotatable bonds is 2. The van der Waals surface area contributed by atoms with Crippen LogP contribution in [-0.2, 0) is 9.47 Å². The van der Waals surface area contributed by atoms with E-state index in [1.165, 1.54) is 12.1 Å². The van der Waals surface area contributed by atoms with Crippen molar-refractivity contribution in [2.24, 2.45) is 0 Å². The smallest absolute Gasteiger partial charge is 0.270 e. The van der Waals surface area contributed by atoms with E-state index in [1.54, 1.807) is 24.1 Å². The van der Waals surface area contributed by atoms with Gasteiger partial charge in [0.2, 0.25) is 0 Å². The maximum atomic E-state index is 13.3. The molecule has 1 spiro atoms. The Morgan fingerprint density at radius 1 is 1.42 bits per heavy atom. The molecule has 1 aromatic heterocycles. The molecule has 2 aliphatic heterocycles. The van der Waals surface area contributed by atoms with E-state index in [2.05, 4.69) is 4.98 Å². The number of methoxy groups -OCH3 is 1. The van der Waals surface area contributed by atoms with Crippen molar-refractivity contribution in [1.29, 1.82) is 0 Å². The van der Waals surface area contributed by atoms with Crippen molar-refractivity contribution in [2.45, 2.75) is 31.0 Å². The van der Waals surface area contributed by atoms with Gasteiger partial charge in [-0.15, -0.1) is 0 Å². The van der Waals surface area contributed by atoms with Crippen LogP contribution in [0.4, 0.5) is 4.39 Å². The van der Waals surface area contributed by atoms with Crippen molar-refractivity contribution in [2.75, 3.05) is 26.8 Å². The molecular weight excluding hydrogens is 311 g/mol. The van der Waals surface area contributed by atoms with Crippen molar-refractivity contribution in [3.8, 4) is 0 Å². The number of amides is 1. The van der Waals surface area contributed by atoms with E-state index in [4.69, 9.17) is 9.47 Å². The van der Waals surface area contributed by atoms with E-state index < -0.39 is 0 Å². The van der Waals surface area contributed by atoms with Crippen molar-refractivity contribution >= 4 is 16.8 Å². The van der Waals surface area contributed by atoms with Crippen LogP contribution in [0.1, 0.15) is 29.8 Å².